The number of benzene rings is 5. The standard InChI is InChI=1S/C47H56N2O4/c1-36-46(53-35-47(2,3)4)52-34-43(48-36)45(51-33-40-24-15-8-16-25-40)44(29-41-26-17-27-42(28-41)50-32-39-22-13-7-14-23-39)49(30-37-18-9-5-10-19-37)31-38-20-11-6-12-21-38/h5-28,36,43-46,48H,29-35H2,1-4H3/t36-,43?,44?,45-,46+/m1/s1. The van der Waals surface area contributed by atoms with Crippen molar-refractivity contribution in [2.24, 2.45) is 5.41 Å². The van der Waals surface area contributed by atoms with E-state index in [9.17, 15) is 0 Å². The van der Waals surface area contributed by atoms with Gasteiger partial charge in [0.2, 0.25) is 0 Å². The van der Waals surface area contributed by atoms with Gasteiger partial charge >= 0.3 is 0 Å². The molecule has 0 bridgehead atoms. The Balaban J connectivity index is 1.35. The predicted molar refractivity (Wildman–Crippen MR) is 213 cm³/mol. The minimum Gasteiger partial charge on any atom is -0.489 e. The summed E-state index contributed by atoms with van der Waals surface area (Å²) in [5, 5.41) is 3.91. The lowest BCUT2D eigenvalue weighted by molar-refractivity contribution is -0.206. The minimum absolute atomic E-state index is 0.0222. The SMILES string of the molecule is C[C@H]1NC([C@@H](OCc2ccccc2)C(Cc2cccc(OCc3ccccc3)c2)N(Cc2ccccc2)Cc2ccccc2)CO[C@H]1OCC(C)(C)C. The van der Waals surface area contributed by atoms with E-state index in [1.807, 2.05) is 30.3 Å². The van der Waals surface area contributed by atoms with Gasteiger partial charge in [-0.2, -0.15) is 0 Å². The first-order valence-electron chi connectivity index (χ1n) is 19.0. The van der Waals surface area contributed by atoms with Crippen LogP contribution in [-0.4, -0.2) is 48.6 Å². The van der Waals surface area contributed by atoms with Gasteiger partial charge in [0.1, 0.15) is 12.4 Å². The Kier molecular flexibility index (Phi) is 13.9. The van der Waals surface area contributed by atoms with Gasteiger partial charge in [-0.05, 0) is 58.7 Å². The summed E-state index contributed by atoms with van der Waals surface area (Å²) >= 11 is 0. The molecule has 1 fully saturated rings. The van der Waals surface area contributed by atoms with Crippen LogP contribution in [-0.2, 0) is 46.9 Å². The molecule has 0 saturated carbocycles. The van der Waals surface area contributed by atoms with E-state index in [0.29, 0.717) is 26.4 Å². The van der Waals surface area contributed by atoms with E-state index >= 15 is 0 Å². The fourth-order valence-electron chi connectivity index (χ4n) is 6.91. The zero-order valence-electron chi connectivity index (χ0n) is 31.8. The van der Waals surface area contributed by atoms with Crippen LogP contribution in [0.1, 0.15) is 55.5 Å². The van der Waals surface area contributed by atoms with Gasteiger partial charge in [0.05, 0.1) is 38.0 Å². The Labute approximate surface area is 317 Å². The predicted octanol–water partition coefficient (Wildman–Crippen LogP) is 9.23. The molecular formula is C47H56N2O4. The van der Waals surface area contributed by atoms with Crippen LogP contribution in [0.5, 0.6) is 5.75 Å². The van der Waals surface area contributed by atoms with E-state index < -0.39 is 0 Å². The zero-order valence-corrected chi connectivity index (χ0v) is 31.8. The molecule has 1 saturated heterocycles. The molecule has 6 heteroatoms. The fraction of sp³-hybridized carbons (Fsp3) is 0.362. The van der Waals surface area contributed by atoms with Crippen LogP contribution in [0, 0.1) is 5.41 Å². The number of hydrogen-bond donors (Lipinski definition) is 1. The van der Waals surface area contributed by atoms with E-state index in [2.05, 4.69) is 153 Å². The van der Waals surface area contributed by atoms with E-state index in [1.165, 1.54) is 16.7 Å². The van der Waals surface area contributed by atoms with Gasteiger partial charge in [0.25, 0.3) is 0 Å². The average molecular weight is 713 g/mol. The fourth-order valence-corrected chi connectivity index (χ4v) is 6.91. The lowest BCUT2D eigenvalue weighted by Crippen LogP contribution is -2.63. The molecule has 1 heterocycles. The number of nitrogens with one attached hydrogen (secondary N) is 1. The van der Waals surface area contributed by atoms with Gasteiger partial charge in [-0.3, -0.25) is 4.90 Å². The number of nitrogens with zero attached hydrogens (tertiary/aromatic N) is 1. The number of ether oxygens (including phenoxy) is 4. The molecule has 1 N–H and O–H groups in total. The maximum atomic E-state index is 7.14. The maximum Gasteiger partial charge on any atom is 0.172 e. The monoisotopic (exact) mass is 712 g/mol. The Bertz CT molecular complexity index is 1720. The highest BCUT2D eigenvalue weighted by Gasteiger charge is 2.40. The van der Waals surface area contributed by atoms with Gasteiger partial charge in [0.15, 0.2) is 6.29 Å². The van der Waals surface area contributed by atoms with Crippen molar-refractivity contribution in [2.75, 3.05) is 13.2 Å². The third-order valence-corrected chi connectivity index (χ3v) is 9.58. The van der Waals surface area contributed by atoms with Crippen molar-refractivity contribution < 1.29 is 18.9 Å². The summed E-state index contributed by atoms with van der Waals surface area (Å²) in [6, 6.07) is 50.7. The highest BCUT2D eigenvalue weighted by atomic mass is 16.7. The molecule has 0 amide bonds. The van der Waals surface area contributed by atoms with Gasteiger partial charge < -0.3 is 24.3 Å². The lowest BCUT2D eigenvalue weighted by atomic mass is 9.92. The van der Waals surface area contributed by atoms with Crippen molar-refractivity contribution in [1.82, 2.24) is 10.2 Å². The molecule has 0 aromatic heterocycles. The molecule has 5 aromatic carbocycles. The van der Waals surface area contributed by atoms with Crippen LogP contribution in [0.25, 0.3) is 0 Å². The summed E-state index contributed by atoms with van der Waals surface area (Å²) in [6.45, 7) is 12.3. The van der Waals surface area contributed by atoms with Crippen molar-refractivity contribution >= 4 is 0 Å². The molecule has 5 aromatic rings. The van der Waals surface area contributed by atoms with Crippen LogP contribution in [0.2, 0.25) is 0 Å². The highest BCUT2D eigenvalue weighted by molar-refractivity contribution is 5.30. The van der Waals surface area contributed by atoms with Crippen LogP contribution in [0.3, 0.4) is 0 Å². The molecule has 0 spiro atoms. The average Bonchev–Trinajstić information content (AvgIpc) is 3.17. The second-order valence-corrected chi connectivity index (χ2v) is 15.5. The van der Waals surface area contributed by atoms with E-state index in [1.54, 1.807) is 0 Å². The van der Waals surface area contributed by atoms with Gasteiger partial charge in [-0.15, -0.1) is 0 Å². The molecule has 278 valence electrons. The van der Waals surface area contributed by atoms with E-state index in [-0.39, 0.29) is 35.9 Å². The molecule has 6 nitrogen and oxygen atoms in total. The highest BCUT2D eigenvalue weighted by Crippen LogP contribution is 2.28. The van der Waals surface area contributed by atoms with E-state index in [4.69, 9.17) is 18.9 Å². The van der Waals surface area contributed by atoms with Crippen molar-refractivity contribution in [2.45, 2.75) is 90.9 Å². The Morgan fingerprint density at radius 1 is 0.679 bits per heavy atom. The Hall–Kier alpha value is -4.30. The zero-order chi connectivity index (χ0) is 36.9. The second-order valence-electron chi connectivity index (χ2n) is 15.5. The second kappa shape index (κ2) is 19.2. The van der Waals surface area contributed by atoms with Crippen LogP contribution in [0.15, 0.2) is 146 Å². The lowest BCUT2D eigenvalue weighted by Gasteiger charge is -2.45. The number of morpholine rings is 1. The third kappa shape index (κ3) is 12.1. The quantitative estimate of drug-likeness (QED) is 0.104. The summed E-state index contributed by atoms with van der Waals surface area (Å²) in [4.78, 5) is 2.59. The first kappa shape index (κ1) is 38.4. The molecule has 6 rings (SSSR count). The Morgan fingerprint density at radius 2 is 1.21 bits per heavy atom. The molecule has 1 aliphatic heterocycles. The smallest absolute Gasteiger partial charge is 0.172 e. The summed E-state index contributed by atoms with van der Waals surface area (Å²) in [5.41, 5.74) is 6.03. The van der Waals surface area contributed by atoms with Crippen LogP contribution >= 0.6 is 0 Å². The summed E-state index contributed by atoms with van der Waals surface area (Å²) in [5.74, 6) is 0.858. The molecular weight excluding hydrogens is 657 g/mol. The molecule has 0 aliphatic carbocycles. The number of rotatable bonds is 17. The molecule has 53 heavy (non-hydrogen) atoms. The van der Waals surface area contributed by atoms with Gasteiger partial charge in [-0.1, -0.05) is 154 Å². The van der Waals surface area contributed by atoms with Crippen molar-refractivity contribution in [1.29, 1.82) is 0 Å². The van der Waals surface area contributed by atoms with Crippen molar-refractivity contribution in [3.8, 4) is 5.75 Å². The van der Waals surface area contributed by atoms with Crippen LogP contribution in [0.4, 0.5) is 0 Å². The van der Waals surface area contributed by atoms with E-state index in [0.717, 1.165) is 36.4 Å². The summed E-state index contributed by atoms with van der Waals surface area (Å²) in [6.07, 6.45) is 0.183. The normalized spacial score (nSPS) is 18.8. The van der Waals surface area contributed by atoms with Gasteiger partial charge in [-0.25, -0.2) is 0 Å². The molecule has 1 aliphatic rings. The summed E-state index contributed by atoms with van der Waals surface area (Å²) < 4.78 is 26.3. The topological polar surface area (TPSA) is 52.2 Å². The number of hydrogen-bond acceptors (Lipinski definition) is 6. The van der Waals surface area contributed by atoms with Crippen molar-refractivity contribution in [3.63, 3.8) is 0 Å². The van der Waals surface area contributed by atoms with Crippen LogP contribution < -0.4 is 10.1 Å². The summed E-state index contributed by atoms with van der Waals surface area (Å²) in [7, 11) is 0. The largest absolute Gasteiger partial charge is 0.489 e. The van der Waals surface area contributed by atoms with Gasteiger partial charge in [0, 0.05) is 19.1 Å². The van der Waals surface area contributed by atoms with Crippen molar-refractivity contribution in [3.05, 3.63) is 173 Å². The first-order valence-corrected chi connectivity index (χ1v) is 19.0. The Morgan fingerprint density at radius 3 is 1.75 bits per heavy atom. The first-order chi connectivity index (χ1) is 25.8. The molecule has 5 atom stereocenters. The maximum absolute atomic E-state index is 7.14. The molecule has 2 unspecified atom stereocenters. The minimum atomic E-state index is -0.332. The molecule has 0 radical (unpaired) electrons. The third-order valence-electron chi connectivity index (χ3n) is 9.58.